The number of nitrogens with zero attached hydrogens (tertiary/aromatic N) is 1. The maximum Gasteiger partial charge on any atom is 0.319 e. The van der Waals surface area contributed by atoms with Crippen molar-refractivity contribution in [2.45, 2.75) is 52.2 Å². The Labute approximate surface area is 156 Å². The molecule has 1 aliphatic rings. The molecule has 2 N–H and O–H groups in total. The molecule has 144 valence electrons. The van der Waals surface area contributed by atoms with E-state index in [0.29, 0.717) is 18.8 Å². The topological polar surface area (TPSA) is 70.7 Å². The summed E-state index contributed by atoms with van der Waals surface area (Å²) in [6, 6.07) is 7.31. The lowest BCUT2D eigenvalue weighted by molar-refractivity contribution is -0.138. The quantitative estimate of drug-likeness (QED) is 0.782. The number of hydrogen-bond donors (Lipinski definition) is 2. The van der Waals surface area contributed by atoms with Gasteiger partial charge >= 0.3 is 6.03 Å². The zero-order valence-electron chi connectivity index (χ0n) is 16.3. The molecular weight excluding hydrogens is 330 g/mol. The number of carbonyl (C=O) groups excluding carboxylic acids is 2. The van der Waals surface area contributed by atoms with Crippen LogP contribution in [0.4, 0.5) is 10.5 Å². The maximum atomic E-state index is 12.5. The Morgan fingerprint density at radius 1 is 1.23 bits per heavy atom. The molecule has 0 radical (unpaired) electrons. The molecule has 6 nitrogen and oxygen atoms in total. The summed E-state index contributed by atoms with van der Waals surface area (Å²) in [5.74, 6) is 0.100. The fourth-order valence-corrected chi connectivity index (χ4v) is 3.42. The highest BCUT2D eigenvalue weighted by atomic mass is 16.5. The molecule has 0 spiro atoms. The zero-order valence-corrected chi connectivity index (χ0v) is 16.3. The Hall–Kier alpha value is -2.08. The minimum atomic E-state index is -0.464. The molecule has 2 rings (SSSR count). The van der Waals surface area contributed by atoms with E-state index in [2.05, 4.69) is 10.6 Å². The first-order valence-corrected chi connectivity index (χ1v) is 9.29. The zero-order chi connectivity index (χ0) is 19.2. The first kappa shape index (κ1) is 20.2. The molecule has 0 atom stereocenters. The third-order valence-electron chi connectivity index (χ3n) is 4.78. The standard InChI is InChI=1S/C20H31N3O3/c1-15(2)26-13-16-8-7-9-17(12-16)22-19(25)21-14-20(10-5-6-11-20)18(24)23(3)4/h7-9,12,15H,5-6,10-11,13-14H2,1-4H3,(H2,21,22,25). The Balaban J connectivity index is 1.92. The number of ether oxygens (including phenoxy) is 1. The van der Waals surface area contributed by atoms with Crippen LogP contribution < -0.4 is 10.6 Å². The van der Waals surface area contributed by atoms with Crippen LogP contribution in [0.5, 0.6) is 0 Å². The normalized spacial score (nSPS) is 15.7. The Morgan fingerprint density at radius 3 is 2.54 bits per heavy atom. The third-order valence-corrected chi connectivity index (χ3v) is 4.78. The summed E-state index contributed by atoms with van der Waals surface area (Å²) in [5.41, 5.74) is 1.26. The van der Waals surface area contributed by atoms with Gasteiger partial charge in [0.05, 0.1) is 18.1 Å². The van der Waals surface area contributed by atoms with Crippen LogP contribution in [0, 0.1) is 5.41 Å². The summed E-state index contributed by atoms with van der Waals surface area (Å²) in [6.45, 7) is 4.86. The second kappa shape index (κ2) is 9.03. The molecule has 1 aromatic carbocycles. The molecule has 26 heavy (non-hydrogen) atoms. The van der Waals surface area contributed by atoms with Gasteiger partial charge in [0.1, 0.15) is 0 Å². The van der Waals surface area contributed by atoms with Gasteiger partial charge in [0.15, 0.2) is 0 Å². The number of hydrogen-bond acceptors (Lipinski definition) is 3. The van der Waals surface area contributed by atoms with Gasteiger partial charge in [0.2, 0.25) is 5.91 Å². The second-order valence-corrected chi connectivity index (χ2v) is 7.55. The van der Waals surface area contributed by atoms with Gasteiger partial charge in [0.25, 0.3) is 0 Å². The molecule has 1 saturated carbocycles. The highest BCUT2D eigenvalue weighted by Gasteiger charge is 2.42. The van der Waals surface area contributed by atoms with E-state index in [-0.39, 0.29) is 18.0 Å². The number of anilines is 1. The van der Waals surface area contributed by atoms with Crippen LogP contribution in [0.15, 0.2) is 24.3 Å². The molecular formula is C20H31N3O3. The summed E-state index contributed by atoms with van der Waals surface area (Å²) in [5, 5.41) is 5.74. The number of rotatable bonds is 7. The van der Waals surface area contributed by atoms with E-state index in [9.17, 15) is 9.59 Å². The number of urea groups is 1. The Bertz CT molecular complexity index is 622. The molecule has 0 aliphatic heterocycles. The molecule has 3 amide bonds. The van der Waals surface area contributed by atoms with Crippen molar-refractivity contribution in [3.8, 4) is 0 Å². The molecule has 1 aromatic rings. The van der Waals surface area contributed by atoms with Crippen LogP contribution in [0.2, 0.25) is 0 Å². The minimum absolute atomic E-state index is 0.100. The third kappa shape index (κ3) is 5.46. The Kier molecular flexibility index (Phi) is 7.03. The summed E-state index contributed by atoms with van der Waals surface area (Å²) >= 11 is 0. The van der Waals surface area contributed by atoms with E-state index in [4.69, 9.17) is 4.74 Å². The fourth-order valence-electron chi connectivity index (χ4n) is 3.42. The van der Waals surface area contributed by atoms with E-state index < -0.39 is 5.41 Å². The van der Waals surface area contributed by atoms with Gasteiger partial charge in [-0.15, -0.1) is 0 Å². The highest BCUT2D eigenvalue weighted by molar-refractivity contribution is 5.90. The van der Waals surface area contributed by atoms with Crippen molar-refractivity contribution in [2.24, 2.45) is 5.41 Å². The minimum Gasteiger partial charge on any atom is -0.374 e. The lowest BCUT2D eigenvalue weighted by Gasteiger charge is -2.30. The van der Waals surface area contributed by atoms with Crippen LogP contribution in [0.25, 0.3) is 0 Å². The number of amides is 3. The van der Waals surface area contributed by atoms with Crippen molar-refractivity contribution < 1.29 is 14.3 Å². The van der Waals surface area contributed by atoms with Crippen molar-refractivity contribution in [1.82, 2.24) is 10.2 Å². The van der Waals surface area contributed by atoms with Gasteiger partial charge in [-0.2, -0.15) is 0 Å². The molecule has 1 fully saturated rings. The van der Waals surface area contributed by atoms with Crippen LogP contribution in [0.1, 0.15) is 45.1 Å². The smallest absolute Gasteiger partial charge is 0.319 e. The number of nitrogens with one attached hydrogen (secondary N) is 2. The van der Waals surface area contributed by atoms with E-state index in [1.54, 1.807) is 19.0 Å². The predicted molar refractivity (Wildman–Crippen MR) is 103 cm³/mol. The average molecular weight is 361 g/mol. The van der Waals surface area contributed by atoms with Crippen LogP contribution >= 0.6 is 0 Å². The first-order chi connectivity index (χ1) is 12.3. The van der Waals surface area contributed by atoms with Crippen molar-refractivity contribution in [1.29, 1.82) is 0 Å². The van der Waals surface area contributed by atoms with Gasteiger partial charge in [-0.1, -0.05) is 25.0 Å². The van der Waals surface area contributed by atoms with E-state index in [0.717, 1.165) is 31.2 Å². The molecule has 0 bridgehead atoms. The van der Waals surface area contributed by atoms with Gasteiger partial charge < -0.3 is 20.3 Å². The van der Waals surface area contributed by atoms with Gasteiger partial charge in [-0.25, -0.2) is 4.79 Å². The summed E-state index contributed by atoms with van der Waals surface area (Å²) < 4.78 is 5.59. The Morgan fingerprint density at radius 2 is 1.92 bits per heavy atom. The molecule has 1 aliphatic carbocycles. The first-order valence-electron chi connectivity index (χ1n) is 9.29. The van der Waals surface area contributed by atoms with Crippen LogP contribution in [-0.2, 0) is 16.1 Å². The number of carbonyl (C=O) groups is 2. The molecule has 0 unspecified atom stereocenters. The highest BCUT2D eigenvalue weighted by Crippen LogP contribution is 2.38. The van der Waals surface area contributed by atoms with Gasteiger partial charge in [-0.05, 0) is 44.4 Å². The van der Waals surface area contributed by atoms with Gasteiger partial charge in [-0.3, -0.25) is 4.79 Å². The van der Waals surface area contributed by atoms with E-state index >= 15 is 0 Å². The largest absolute Gasteiger partial charge is 0.374 e. The van der Waals surface area contributed by atoms with Gasteiger partial charge in [0, 0.05) is 26.3 Å². The van der Waals surface area contributed by atoms with Crippen molar-refractivity contribution in [3.05, 3.63) is 29.8 Å². The van der Waals surface area contributed by atoms with Crippen molar-refractivity contribution in [2.75, 3.05) is 26.0 Å². The van der Waals surface area contributed by atoms with Crippen LogP contribution in [0.3, 0.4) is 0 Å². The molecule has 0 saturated heterocycles. The summed E-state index contributed by atoms with van der Waals surface area (Å²) in [6.07, 6.45) is 3.87. The number of benzene rings is 1. The summed E-state index contributed by atoms with van der Waals surface area (Å²) in [7, 11) is 3.54. The van der Waals surface area contributed by atoms with Crippen molar-refractivity contribution in [3.63, 3.8) is 0 Å². The predicted octanol–water partition coefficient (Wildman–Crippen LogP) is 3.38. The molecule has 6 heteroatoms. The molecule has 0 heterocycles. The monoisotopic (exact) mass is 361 g/mol. The fraction of sp³-hybridized carbons (Fsp3) is 0.600. The maximum absolute atomic E-state index is 12.5. The van der Waals surface area contributed by atoms with Crippen LogP contribution in [-0.4, -0.2) is 43.6 Å². The summed E-state index contributed by atoms with van der Waals surface area (Å²) in [4.78, 5) is 26.5. The second-order valence-electron chi connectivity index (χ2n) is 7.55. The molecule has 0 aromatic heterocycles. The van der Waals surface area contributed by atoms with Crippen molar-refractivity contribution >= 4 is 17.6 Å². The lowest BCUT2D eigenvalue weighted by atomic mass is 9.84. The SMILES string of the molecule is CC(C)OCc1cccc(NC(=O)NCC2(C(=O)N(C)C)CCCC2)c1. The van der Waals surface area contributed by atoms with E-state index in [1.807, 2.05) is 38.1 Å². The lowest BCUT2D eigenvalue weighted by Crippen LogP contribution is -2.47. The van der Waals surface area contributed by atoms with E-state index in [1.165, 1.54) is 0 Å². The average Bonchev–Trinajstić information content (AvgIpc) is 3.08.